The van der Waals surface area contributed by atoms with Crippen LogP contribution in [0.4, 0.5) is 0 Å². The van der Waals surface area contributed by atoms with E-state index in [0.717, 1.165) is 6.42 Å². The maximum absolute atomic E-state index is 11.8. The normalized spacial score (nSPS) is 24.2. The number of rotatable bonds is 2. The summed E-state index contributed by atoms with van der Waals surface area (Å²) in [4.78, 5) is 23.5. The van der Waals surface area contributed by atoms with Gasteiger partial charge in [0.15, 0.2) is 0 Å². The zero-order valence-electron chi connectivity index (χ0n) is 11.8. The Morgan fingerprint density at radius 3 is 2.17 bits per heavy atom. The predicted molar refractivity (Wildman–Crippen MR) is 67.8 cm³/mol. The molecule has 0 saturated heterocycles. The summed E-state index contributed by atoms with van der Waals surface area (Å²) in [5.74, 6) is -1.65. The number of carbonyl (C=O) groups is 2. The fraction of sp³-hybridized carbons (Fsp3) is 0.714. The summed E-state index contributed by atoms with van der Waals surface area (Å²) >= 11 is 0. The van der Waals surface area contributed by atoms with E-state index in [1.54, 1.807) is 0 Å². The van der Waals surface area contributed by atoms with Crippen LogP contribution in [0.3, 0.4) is 0 Å². The van der Waals surface area contributed by atoms with Crippen molar-refractivity contribution >= 4 is 11.9 Å². The summed E-state index contributed by atoms with van der Waals surface area (Å²) in [6.45, 7) is 6.31. The van der Waals surface area contributed by atoms with Gasteiger partial charge in [-0.1, -0.05) is 32.4 Å². The van der Waals surface area contributed by atoms with Gasteiger partial charge >= 0.3 is 11.9 Å². The first-order chi connectivity index (χ1) is 8.31. The Morgan fingerprint density at radius 1 is 1.17 bits per heavy atom. The van der Waals surface area contributed by atoms with Crippen LogP contribution in [0.5, 0.6) is 0 Å². The van der Waals surface area contributed by atoms with Crippen LogP contribution in [0, 0.1) is 17.3 Å². The van der Waals surface area contributed by atoms with Crippen molar-refractivity contribution in [2.45, 2.75) is 33.6 Å². The van der Waals surface area contributed by atoms with Crippen LogP contribution in [0.2, 0.25) is 0 Å². The molecule has 0 spiro atoms. The van der Waals surface area contributed by atoms with Gasteiger partial charge in [-0.3, -0.25) is 9.59 Å². The summed E-state index contributed by atoms with van der Waals surface area (Å²) in [5, 5.41) is 0. The Hall–Kier alpha value is -1.32. The second kappa shape index (κ2) is 5.55. The average Bonchev–Trinajstić information content (AvgIpc) is 2.35. The first-order valence-corrected chi connectivity index (χ1v) is 6.18. The lowest BCUT2D eigenvalue weighted by atomic mass is 9.73. The molecule has 0 saturated carbocycles. The maximum atomic E-state index is 11.8. The van der Waals surface area contributed by atoms with Gasteiger partial charge in [-0.05, 0) is 18.3 Å². The van der Waals surface area contributed by atoms with E-state index in [4.69, 9.17) is 9.47 Å². The molecule has 102 valence electrons. The van der Waals surface area contributed by atoms with Crippen LogP contribution >= 0.6 is 0 Å². The summed E-state index contributed by atoms with van der Waals surface area (Å²) < 4.78 is 9.54. The molecule has 0 N–H and O–H groups in total. The number of hydrogen-bond donors (Lipinski definition) is 0. The quantitative estimate of drug-likeness (QED) is 0.560. The van der Waals surface area contributed by atoms with Gasteiger partial charge in [0.05, 0.1) is 26.1 Å². The Morgan fingerprint density at radius 2 is 1.72 bits per heavy atom. The third-order valence-electron chi connectivity index (χ3n) is 3.48. The Bertz CT molecular complexity index is 362. The zero-order valence-corrected chi connectivity index (χ0v) is 11.8. The number of carbonyl (C=O) groups excluding carboxylic acids is 2. The number of allylic oxidation sites excluding steroid dienone is 1. The lowest BCUT2D eigenvalue weighted by molar-refractivity contribution is -0.156. The van der Waals surface area contributed by atoms with Crippen molar-refractivity contribution in [1.82, 2.24) is 0 Å². The van der Waals surface area contributed by atoms with E-state index in [1.807, 2.05) is 6.08 Å². The van der Waals surface area contributed by atoms with Crippen LogP contribution in [0.25, 0.3) is 0 Å². The van der Waals surface area contributed by atoms with Gasteiger partial charge in [-0.15, -0.1) is 0 Å². The minimum Gasteiger partial charge on any atom is -0.469 e. The highest BCUT2D eigenvalue weighted by Gasteiger charge is 2.38. The monoisotopic (exact) mass is 254 g/mol. The first kappa shape index (κ1) is 14.7. The molecule has 1 aliphatic rings. The van der Waals surface area contributed by atoms with E-state index in [2.05, 4.69) is 20.8 Å². The van der Waals surface area contributed by atoms with Crippen LogP contribution in [-0.4, -0.2) is 26.2 Å². The summed E-state index contributed by atoms with van der Waals surface area (Å²) in [6.07, 6.45) is 3.34. The second-order valence-corrected chi connectivity index (χ2v) is 5.66. The standard InChI is InChI=1S/C14H22O4/c1-14(2,3)9-6-7-10(12(15)17-4)11(8-9)13(16)18-5/h8,10-11H,6-7H2,1-5H3/t10-,11+/m0/s1. The summed E-state index contributed by atoms with van der Waals surface area (Å²) in [7, 11) is 2.69. The van der Waals surface area contributed by atoms with Gasteiger partial charge in [-0.2, -0.15) is 0 Å². The molecule has 0 heterocycles. The molecule has 0 aromatic rings. The fourth-order valence-corrected chi connectivity index (χ4v) is 2.32. The largest absolute Gasteiger partial charge is 0.469 e. The lowest BCUT2D eigenvalue weighted by Gasteiger charge is -2.32. The van der Waals surface area contributed by atoms with Gasteiger partial charge in [-0.25, -0.2) is 0 Å². The Balaban J connectivity index is 3.05. The minimum absolute atomic E-state index is 0.00730. The van der Waals surface area contributed by atoms with Crippen molar-refractivity contribution in [3.05, 3.63) is 11.6 Å². The third kappa shape index (κ3) is 3.12. The predicted octanol–water partition coefficient (Wildman–Crippen LogP) is 2.33. The molecule has 0 bridgehead atoms. The number of esters is 2. The van der Waals surface area contributed by atoms with Crippen LogP contribution in [0.1, 0.15) is 33.6 Å². The molecule has 1 rings (SSSR count). The SMILES string of the molecule is COC(=O)[C@H]1CCC(C(C)(C)C)=C[C@H]1C(=O)OC. The van der Waals surface area contributed by atoms with Crippen molar-refractivity contribution in [2.24, 2.45) is 17.3 Å². The molecule has 1 aliphatic carbocycles. The second-order valence-electron chi connectivity index (χ2n) is 5.66. The maximum Gasteiger partial charge on any atom is 0.313 e. The van der Waals surface area contributed by atoms with Gasteiger partial charge in [0.25, 0.3) is 0 Å². The molecule has 0 radical (unpaired) electrons. The number of ether oxygens (including phenoxy) is 2. The smallest absolute Gasteiger partial charge is 0.313 e. The summed E-state index contributed by atoms with van der Waals surface area (Å²) in [6, 6.07) is 0. The Labute approximate surface area is 108 Å². The van der Waals surface area contributed by atoms with Crippen LogP contribution in [-0.2, 0) is 19.1 Å². The molecule has 0 fully saturated rings. The zero-order chi connectivity index (χ0) is 13.9. The molecule has 4 nitrogen and oxygen atoms in total. The fourth-order valence-electron chi connectivity index (χ4n) is 2.32. The van der Waals surface area contributed by atoms with E-state index >= 15 is 0 Å². The van der Waals surface area contributed by atoms with Crippen LogP contribution in [0.15, 0.2) is 11.6 Å². The molecular weight excluding hydrogens is 232 g/mol. The Kier molecular flexibility index (Phi) is 4.54. The van der Waals surface area contributed by atoms with E-state index in [1.165, 1.54) is 19.8 Å². The van der Waals surface area contributed by atoms with E-state index < -0.39 is 11.8 Å². The summed E-state index contributed by atoms with van der Waals surface area (Å²) in [5.41, 5.74) is 1.20. The molecule has 0 aliphatic heterocycles. The highest BCUT2D eigenvalue weighted by atomic mass is 16.5. The molecule has 0 amide bonds. The average molecular weight is 254 g/mol. The molecule has 18 heavy (non-hydrogen) atoms. The molecule has 0 aromatic carbocycles. The highest BCUT2D eigenvalue weighted by Crippen LogP contribution is 2.38. The van der Waals surface area contributed by atoms with Crippen LogP contribution < -0.4 is 0 Å². The highest BCUT2D eigenvalue weighted by molar-refractivity contribution is 5.84. The third-order valence-corrected chi connectivity index (χ3v) is 3.48. The van der Waals surface area contributed by atoms with Gasteiger partial charge < -0.3 is 9.47 Å². The molecular formula is C14H22O4. The van der Waals surface area contributed by atoms with Gasteiger partial charge in [0.2, 0.25) is 0 Å². The lowest BCUT2D eigenvalue weighted by Crippen LogP contribution is -2.34. The van der Waals surface area contributed by atoms with E-state index in [0.29, 0.717) is 6.42 Å². The van der Waals surface area contributed by atoms with E-state index in [-0.39, 0.29) is 17.4 Å². The minimum atomic E-state index is -0.523. The molecule has 0 unspecified atom stereocenters. The van der Waals surface area contributed by atoms with E-state index in [9.17, 15) is 9.59 Å². The number of hydrogen-bond acceptors (Lipinski definition) is 4. The molecule has 4 heteroatoms. The van der Waals surface area contributed by atoms with Crippen molar-refractivity contribution in [3.63, 3.8) is 0 Å². The molecule has 2 atom stereocenters. The van der Waals surface area contributed by atoms with Crippen molar-refractivity contribution in [1.29, 1.82) is 0 Å². The van der Waals surface area contributed by atoms with Crippen molar-refractivity contribution in [3.8, 4) is 0 Å². The first-order valence-electron chi connectivity index (χ1n) is 6.18. The van der Waals surface area contributed by atoms with Gasteiger partial charge in [0.1, 0.15) is 0 Å². The van der Waals surface area contributed by atoms with Crippen molar-refractivity contribution in [2.75, 3.05) is 14.2 Å². The molecule has 0 aromatic heterocycles. The number of methoxy groups -OCH3 is 2. The topological polar surface area (TPSA) is 52.6 Å². The van der Waals surface area contributed by atoms with Crippen molar-refractivity contribution < 1.29 is 19.1 Å². The van der Waals surface area contributed by atoms with Gasteiger partial charge in [0, 0.05) is 0 Å².